The summed E-state index contributed by atoms with van der Waals surface area (Å²) in [5.41, 5.74) is -0.462. The quantitative estimate of drug-likeness (QED) is 0.830. The molecular weight excluding hydrogens is 345 g/mol. The van der Waals surface area contributed by atoms with Crippen molar-refractivity contribution in [2.45, 2.75) is 25.0 Å². The highest BCUT2D eigenvalue weighted by molar-refractivity contribution is 5.32. The average Bonchev–Trinajstić information content (AvgIpc) is 2.45. The van der Waals surface area contributed by atoms with E-state index in [1.54, 1.807) is 0 Å². The minimum atomic E-state index is -5.01. The molecule has 1 aromatic rings. The second-order valence-electron chi connectivity index (χ2n) is 5.35. The third-order valence-corrected chi connectivity index (χ3v) is 3.58. The van der Waals surface area contributed by atoms with E-state index < -0.39 is 42.1 Å². The van der Waals surface area contributed by atoms with Crippen LogP contribution in [0.25, 0.3) is 0 Å². The number of halogens is 7. The van der Waals surface area contributed by atoms with Gasteiger partial charge in [0.05, 0.1) is 6.42 Å². The highest BCUT2D eigenvalue weighted by atomic mass is 19.4. The van der Waals surface area contributed by atoms with Crippen molar-refractivity contribution in [3.05, 3.63) is 29.6 Å². The topological polar surface area (TPSA) is 24.5 Å². The zero-order valence-electron chi connectivity index (χ0n) is 12.3. The molecular formula is C14H15F7N2O. The first-order valence-corrected chi connectivity index (χ1v) is 7.12. The fourth-order valence-corrected chi connectivity index (χ4v) is 2.62. The number of benzene rings is 1. The van der Waals surface area contributed by atoms with Crippen LogP contribution in [0.15, 0.2) is 18.2 Å². The molecule has 1 aromatic carbocycles. The zero-order chi connectivity index (χ0) is 18.0. The van der Waals surface area contributed by atoms with Crippen molar-refractivity contribution in [1.29, 1.82) is 0 Å². The number of nitrogens with one attached hydrogen (secondary N) is 1. The van der Waals surface area contributed by atoms with Crippen LogP contribution < -0.4 is 10.1 Å². The predicted molar refractivity (Wildman–Crippen MR) is 70.9 cm³/mol. The largest absolute Gasteiger partial charge is 0.573 e. The molecule has 1 aliphatic heterocycles. The number of alkyl halides is 6. The van der Waals surface area contributed by atoms with Crippen LogP contribution in [0.4, 0.5) is 30.7 Å². The zero-order valence-corrected chi connectivity index (χ0v) is 12.3. The van der Waals surface area contributed by atoms with Crippen LogP contribution in [-0.2, 0) is 0 Å². The number of nitrogens with zero attached hydrogens (tertiary/aromatic N) is 1. The molecule has 10 heteroatoms. The first kappa shape index (κ1) is 18.8. The fraction of sp³-hybridized carbons (Fsp3) is 0.571. The van der Waals surface area contributed by atoms with Crippen LogP contribution in [0.1, 0.15) is 18.0 Å². The van der Waals surface area contributed by atoms with Gasteiger partial charge in [-0.3, -0.25) is 4.90 Å². The molecule has 0 bridgehead atoms. The van der Waals surface area contributed by atoms with Gasteiger partial charge >= 0.3 is 12.5 Å². The van der Waals surface area contributed by atoms with Crippen LogP contribution in [0.2, 0.25) is 0 Å². The van der Waals surface area contributed by atoms with Crippen LogP contribution in [0.5, 0.6) is 5.75 Å². The maximum atomic E-state index is 14.0. The van der Waals surface area contributed by atoms with Crippen molar-refractivity contribution >= 4 is 0 Å². The summed E-state index contributed by atoms with van der Waals surface area (Å²) in [5.74, 6) is -1.75. The van der Waals surface area contributed by atoms with Gasteiger partial charge in [-0.05, 0) is 18.2 Å². The molecule has 136 valence electrons. The van der Waals surface area contributed by atoms with Gasteiger partial charge in [-0.15, -0.1) is 13.2 Å². The van der Waals surface area contributed by atoms with Gasteiger partial charge in [0, 0.05) is 37.8 Å². The molecule has 0 aromatic heterocycles. The summed E-state index contributed by atoms with van der Waals surface area (Å²) in [6, 6.07) is 0.682. The second kappa shape index (κ2) is 7.14. The van der Waals surface area contributed by atoms with E-state index in [9.17, 15) is 30.7 Å². The maximum Gasteiger partial charge on any atom is 0.573 e. The monoisotopic (exact) mass is 360 g/mol. The Morgan fingerprint density at radius 1 is 1.08 bits per heavy atom. The lowest BCUT2D eigenvalue weighted by atomic mass is 10.00. The Balaban J connectivity index is 2.34. The van der Waals surface area contributed by atoms with Gasteiger partial charge in [0.2, 0.25) is 0 Å². The molecule has 0 unspecified atom stereocenters. The SMILES string of the molecule is Fc1ccc(OC(F)(F)F)cc1[C@@H](CC(F)(F)F)N1CCNCC1. The molecule has 2 rings (SSSR count). The summed E-state index contributed by atoms with van der Waals surface area (Å²) < 4.78 is 93.2. The molecule has 0 amide bonds. The van der Waals surface area contributed by atoms with E-state index in [4.69, 9.17) is 0 Å². The summed E-state index contributed by atoms with van der Waals surface area (Å²) in [4.78, 5) is 1.40. The first-order valence-electron chi connectivity index (χ1n) is 7.12. The van der Waals surface area contributed by atoms with Crippen LogP contribution >= 0.6 is 0 Å². The molecule has 0 radical (unpaired) electrons. The van der Waals surface area contributed by atoms with Gasteiger partial charge in [-0.1, -0.05) is 0 Å². The molecule has 1 fully saturated rings. The Hall–Kier alpha value is -1.55. The molecule has 1 heterocycles. The number of hydrogen-bond donors (Lipinski definition) is 1. The lowest BCUT2D eigenvalue weighted by molar-refractivity contribution is -0.274. The molecule has 3 nitrogen and oxygen atoms in total. The van der Waals surface area contributed by atoms with Gasteiger partial charge in [-0.2, -0.15) is 13.2 Å². The van der Waals surface area contributed by atoms with E-state index in [2.05, 4.69) is 10.1 Å². The van der Waals surface area contributed by atoms with Gasteiger partial charge in [-0.25, -0.2) is 4.39 Å². The molecule has 24 heavy (non-hydrogen) atoms. The average molecular weight is 360 g/mol. The Morgan fingerprint density at radius 2 is 1.71 bits per heavy atom. The fourth-order valence-electron chi connectivity index (χ4n) is 2.62. The summed E-state index contributed by atoms with van der Waals surface area (Å²) in [6.45, 7) is 1.28. The molecule has 1 saturated heterocycles. The summed E-state index contributed by atoms with van der Waals surface area (Å²) in [5, 5.41) is 2.95. The smallest absolute Gasteiger partial charge is 0.406 e. The number of rotatable bonds is 4. The van der Waals surface area contributed by atoms with Gasteiger partial charge < -0.3 is 10.1 Å². The van der Waals surface area contributed by atoms with E-state index in [0.29, 0.717) is 25.2 Å². The van der Waals surface area contributed by atoms with Gasteiger partial charge in [0.25, 0.3) is 0 Å². The van der Waals surface area contributed by atoms with Crippen molar-refractivity contribution in [1.82, 2.24) is 10.2 Å². The van der Waals surface area contributed by atoms with Gasteiger partial charge in [0.15, 0.2) is 0 Å². The summed E-state index contributed by atoms with van der Waals surface area (Å²) >= 11 is 0. The Bertz CT molecular complexity index is 553. The van der Waals surface area contributed by atoms with E-state index in [1.165, 1.54) is 4.90 Å². The second-order valence-corrected chi connectivity index (χ2v) is 5.35. The lowest BCUT2D eigenvalue weighted by Gasteiger charge is -2.35. The third-order valence-electron chi connectivity index (χ3n) is 3.58. The van der Waals surface area contributed by atoms with Crippen molar-refractivity contribution in [2.24, 2.45) is 0 Å². The highest BCUT2D eigenvalue weighted by Crippen LogP contribution is 2.37. The number of ether oxygens (including phenoxy) is 1. The Morgan fingerprint density at radius 3 is 2.25 bits per heavy atom. The first-order chi connectivity index (χ1) is 11.1. The van der Waals surface area contributed by atoms with Crippen LogP contribution in [0.3, 0.4) is 0 Å². The molecule has 0 aliphatic carbocycles. The lowest BCUT2D eigenvalue weighted by Crippen LogP contribution is -2.46. The van der Waals surface area contributed by atoms with Gasteiger partial charge in [0.1, 0.15) is 11.6 Å². The standard InChI is InChI=1S/C14H15F7N2O/c15-11-2-1-9(24-14(19,20)21)7-10(11)12(8-13(16,17)18)23-5-3-22-4-6-23/h1-2,7,12,22H,3-6,8H2/t12-/m1/s1. The molecule has 1 aliphatic rings. The molecule has 0 spiro atoms. The third kappa shape index (κ3) is 5.52. The summed E-state index contributed by atoms with van der Waals surface area (Å²) in [6.07, 6.45) is -11.0. The van der Waals surface area contributed by atoms with E-state index in [-0.39, 0.29) is 13.1 Å². The van der Waals surface area contributed by atoms with Crippen LogP contribution in [-0.4, -0.2) is 43.6 Å². The normalized spacial score (nSPS) is 18.5. The molecule has 0 saturated carbocycles. The molecule has 1 N–H and O–H groups in total. The van der Waals surface area contributed by atoms with Crippen molar-refractivity contribution in [3.63, 3.8) is 0 Å². The van der Waals surface area contributed by atoms with E-state index >= 15 is 0 Å². The summed E-state index contributed by atoms with van der Waals surface area (Å²) in [7, 11) is 0. The van der Waals surface area contributed by atoms with Crippen molar-refractivity contribution in [3.8, 4) is 5.75 Å². The highest BCUT2D eigenvalue weighted by Gasteiger charge is 2.38. The Labute approximate surface area is 133 Å². The Kier molecular flexibility index (Phi) is 5.59. The maximum absolute atomic E-state index is 14.0. The number of piperazine rings is 1. The van der Waals surface area contributed by atoms with Crippen molar-refractivity contribution in [2.75, 3.05) is 26.2 Å². The van der Waals surface area contributed by atoms with E-state index in [0.717, 1.165) is 6.07 Å². The number of hydrogen-bond acceptors (Lipinski definition) is 3. The van der Waals surface area contributed by atoms with E-state index in [1.807, 2.05) is 0 Å². The van der Waals surface area contributed by atoms with Crippen molar-refractivity contribution < 1.29 is 35.5 Å². The predicted octanol–water partition coefficient (Wildman–Crippen LogP) is 3.62. The van der Waals surface area contributed by atoms with Crippen LogP contribution in [0, 0.1) is 5.82 Å². The minimum Gasteiger partial charge on any atom is -0.406 e. The molecule has 1 atom stereocenters. The minimum absolute atomic E-state index is 0.227.